The monoisotopic (exact) mass is 579 g/mol. The molecule has 3 heteroatoms. The Morgan fingerprint density at radius 1 is 0.439 bits per heavy atom. The summed E-state index contributed by atoms with van der Waals surface area (Å²) in [4.78, 5) is 23.2. The Bertz CT molecular complexity index is 575. The van der Waals surface area contributed by atoms with Crippen molar-refractivity contribution in [1.29, 1.82) is 0 Å². The molecule has 0 heterocycles. The highest BCUT2D eigenvalue weighted by molar-refractivity contribution is 5.83. The molecule has 0 unspecified atom stereocenters. The van der Waals surface area contributed by atoms with Crippen LogP contribution in [0.1, 0.15) is 206 Å². The number of hydrogen-bond donors (Lipinski definition) is 0. The van der Waals surface area contributed by atoms with Crippen LogP contribution in [0.4, 0.5) is 0 Å². The van der Waals surface area contributed by atoms with E-state index in [1.807, 2.05) is 21.1 Å². The molecule has 0 saturated heterocycles. The first-order valence-corrected chi connectivity index (χ1v) is 18.7. The molecule has 1 saturated carbocycles. The van der Waals surface area contributed by atoms with Gasteiger partial charge in [0, 0.05) is 12.3 Å². The second kappa shape index (κ2) is 29.4. The Kier molecular flexibility index (Phi) is 28.9. The lowest BCUT2D eigenvalue weighted by atomic mass is 10.0. The fourth-order valence-electron chi connectivity index (χ4n) is 5.56. The van der Waals surface area contributed by atoms with Gasteiger partial charge in [0.15, 0.2) is 0 Å². The van der Waals surface area contributed by atoms with Crippen LogP contribution in [0.15, 0.2) is 0 Å². The molecule has 0 bridgehead atoms. The molecule has 1 amide bonds. The van der Waals surface area contributed by atoms with Crippen molar-refractivity contribution in [3.63, 3.8) is 0 Å². The Morgan fingerprint density at radius 2 is 0.707 bits per heavy atom. The second-order valence-corrected chi connectivity index (χ2v) is 14.1. The van der Waals surface area contributed by atoms with Gasteiger partial charge in [0.05, 0.1) is 27.6 Å². The number of carbonyl (C=O) groups excluding carboxylic acids is 2. The fraction of sp³-hybridized carbons (Fsp3) is 0.947. The summed E-state index contributed by atoms with van der Waals surface area (Å²) in [6.45, 7) is 4.56. The smallest absolute Gasteiger partial charge is 0.299 e. The van der Waals surface area contributed by atoms with Crippen LogP contribution in [-0.2, 0) is 9.59 Å². The van der Waals surface area contributed by atoms with E-state index in [0.29, 0.717) is 22.1 Å². The van der Waals surface area contributed by atoms with Gasteiger partial charge >= 0.3 is 5.91 Å². The molecule has 0 spiro atoms. The van der Waals surface area contributed by atoms with Crippen molar-refractivity contribution >= 4 is 11.7 Å². The van der Waals surface area contributed by atoms with Gasteiger partial charge in [0.1, 0.15) is 5.78 Å². The minimum Gasteiger partial charge on any atom is -0.299 e. The number of carbonyl (C=O) groups is 2. The molecule has 41 heavy (non-hydrogen) atoms. The molecule has 0 aromatic carbocycles. The van der Waals surface area contributed by atoms with E-state index < -0.39 is 0 Å². The minimum atomic E-state index is 0.359. The molecular weight excluding hydrogens is 502 g/mol. The van der Waals surface area contributed by atoms with Crippen molar-refractivity contribution in [2.45, 2.75) is 206 Å². The van der Waals surface area contributed by atoms with Crippen LogP contribution in [0, 0.1) is 5.92 Å². The van der Waals surface area contributed by atoms with Gasteiger partial charge in [0.25, 0.3) is 0 Å². The molecule has 1 rings (SSSR count). The number of hydrogen-bond acceptors (Lipinski definition) is 2. The average molecular weight is 579 g/mol. The highest BCUT2D eigenvalue weighted by atomic mass is 16.2. The number of nitrogens with zero attached hydrogens (tertiary/aromatic N) is 1. The molecule has 0 N–H and O–H groups in total. The van der Waals surface area contributed by atoms with E-state index in [2.05, 4.69) is 13.8 Å². The van der Waals surface area contributed by atoms with Gasteiger partial charge in [-0.2, -0.15) is 0 Å². The number of rotatable bonds is 29. The standard InChI is InChI=1S/C19H40NO.C19H36O/c1-5-6-7-8-9-10-11-12-13-14-15-16-17-18-19(21)20(2,3)4;1-2-3-4-5-6-7-8-9-10-11-12-13-14-15-19(20)18-16-17-18/h5-18H2,1-4H3;18H,2-17H2,1H3/q+1;. The molecule has 0 atom stereocenters. The third-order valence-electron chi connectivity index (χ3n) is 8.80. The third kappa shape index (κ3) is 30.6. The SMILES string of the molecule is CCCCCCCCCCCCCCCC(=O)C1CC1.CCCCCCCCCCCCCCCC(=O)[N+](C)(C)C. The summed E-state index contributed by atoms with van der Waals surface area (Å²) >= 11 is 0. The summed E-state index contributed by atoms with van der Waals surface area (Å²) in [6.07, 6.45) is 39.6. The molecule has 1 fully saturated rings. The van der Waals surface area contributed by atoms with Gasteiger partial charge < -0.3 is 0 Å². The summed E-state index contributed by atoms with van der Waals surface area (Å²) in [7, 11) is 5.89. The zero-order valence-corrected chi connectivity index (χ0v) is 29.1. The lowest BCUT2D eigenvalue weighted by Gasteiger charge is -2.20. The van der Waals surface area contributed by atoms with Crippen molar-refractivity contribution in [3.05, 3.63) is 0 Å². The summed E-state index contributed by atoms with van der Waals surface area (Å²) in [5.41, 5.74) is 0. The maximum atomic E-state index is 11.7. The van der Waals surface area contributed by atoms with E-state index in [4.69, 9.17) is 0 Å². The van der Waals surface area contributed by atoms with Gasteiger partial charge in [-0.3, -0.25) is 9.28 Å². The second-order valence-electron chi connectivity index (χ2n) is 14.1. The van der Waals surface area contributed by atoms with Crippen LogP contribution >= 0.6 is 0 Å². The molecule has 244 valence electrons. The minimum absolute atomic E-state index is 0.359. The lowest BCUT2D eigenvalue weighted by Crippen LogP contribution is -2.40. The number of Topliss-reactive ketones (excluding diaryl/α,β-unsaturated/α-hetero) is 1. The molecule has 1 aliphatic rings. The van der Waals surface area contributed by atoms with Gasteiger partial charge in [-0.15, -0.1) is 0 Å². The molecule has 1 aliphatic carbocycles. The van der Waals surface area contributed by atoms with Crippen molar-refractivity contribution in [2.75, 3.05) is 21.1 Å². The Hall–Kier alpha value is -0.700. The van der Waals surface area contributed by atoms with Gasteiger partial charge in [-0.25, -0.2) is 4.79 Å². The van der Waals surface area contributed by atoms with Crippen LogP contribution in [-0.4, -0.2) is 37.3 Å². The van der Waals surface area contributed by atoms with E-state index in [0.717, 1.165) is 25.7 Å². The first-order valence-electron chi connectivity index (χ1n) is 18.7. The van der Waals surface area contributed by atoms with E-state index in [9.17, 15) is 9.59 Å². The topological polar surface area (TPSA) is 34.1 Å². The summed E-state index contributed by atoms with van der Waals surface area (Å²) in [6, 6.07) is 0. The molecule has 3 nitrogen and oxygen atoms in total. The predicted octanol–water partition coefficient (Wildman–Crippen LogP) is 12.1. The normalized spacial score (nSPS) is 13.2. The fourth-order valence-corrected chi connectivity index (χ4v) is 5.56. The van der Waals surface area contributed by atoms with E-state index >= 15 is 0 Å². The van der Waals surface area contributed by atoms with Crippen molar-refractivity contribution < 1.29 is 14.1 Å². The first kappa shape index (κ1) is 40.3. The maximum Gasteiger partial charge on any atom is 0.313 e. The predicted molar refractivity (Wildman–Crippen MR) is 181 cm³/mol. The molecule has 0 radical (unpaired) electrons. The summed E-state index contributed by atoms with van der Waals surface area (Å²) in [5, 5.41) is 0. The van der Waals surface area contributed by atoms with Crippen molar-refractivity contribution in [2.24, 2.45) is 5.92 Å². The maximum absolute atomic E-state index is 11.7. The Labute approximate surface area is 259 Å². The summed E-state index contributed by atoms with van der Waals surface area (Å²) in [5.74, 6) is 1.39. The summed E-state index contributed by atoms with van der Waals surface area (Å²) < 4.78 is 0.470. The Morgan fingerprint density at radius 3 is 0.976 bits per heavy atom. The first-order chi connectivity index (χ1) is 19.8. The van der Waals surface area contributed by atoms with Crippen LogP contribution < -0.4 is 0 Å². The lowest BCUT2D eigenvalue weighted by molar-refractivity contribution is -0.792. The number of unbranched alkanes of at least 4 members (excludes halogenated alkanes) is 24. The zero-order chi connectivity index (χ0) is 30.4. The number of ketones is 1. The molecule has 0 aliphatic heterocycles. The average Bonchev–Trinajstić information content (AvgIpc) is 3.79. The van der Waals surface area contributed by atoms with Gasteiger partial charge in [-0.1, -0.05) is 168 Å². The van der Waals surface area contributed by atoms with E-state index in [-0.39, 0.29) is 0 Å². The van der Waals surface area contributed by atoms with Gasteiger partial charge in [-0.05, 0) is 25.7 Å². The van der Waals surface area contributed by atoms with Gasteiger partial charge in [0.2, 0.25) is 0 Å². The molecule has 0 aromatic heterocycles. The molecule has 0 aromatic rings. The van der Waals surface area contributed by atoms with Crippen LogP contribution in [0.3, 0.4) is 0 Å². The van der Waals surface area contributed by atoms with Crippen molar-refractivity contribution in [3.8, 4) is 0 Å². The largest absolute Gasteiger partial charge is 0.313 e. The quantitative estimate of drug-likeness (QED) is 0.0653. The van der Waals surface area contributed by atoms with Crippen molar-refractivity contribution in [1.82, 2.24) is 0 Å². The zero-order valence-electron chi connectivity index (χ0n) is 29.1. The molecular formula is C38H76NO2+. The highest BCUT2D eigenvalue weighted by Crippen LogP contribution is 2.31. The third-order valence-corrected chi connectivity index (χ3v) is 8.80. The Balaban J connectivity index is 0.000000781. The highest BCUT2D eigenvalue weighted by Gasteiger charge is 2.28. The van der Waals surface area contributed by atoms with Crippen LogP contribution in [0.25, 0.3) is 0 Å². The van der Waals surface area contributed by atoms with E-state index in [1.54, 1.807) is 0 Å². The number of quaternary nitrogens is 1. The van der Waals surface area contributed by atoms with Crippen LogP contribution in [0.2, 0.25) is 0 Å². The number of amides is 1. The van der Waals surface area contributed by atoms with Crippen LogP contribution in [0.5, 0.6) is 0 Å². The van der Waals surface area contributed by atoms with E-state index in [1.165, 1.54) is 167 Å².